The van der Waals surface area contributed by atoms with E-state index in [1.807, 2.05) is 4.90 Å². The summed E-state index contributed by atoms with van der Waals surface area (Å²) >= 11 is 0. The average Bonchev–Trinajstić information content (AvgIpc) is 3.10. The van der Waals surface area contributed by atoms with Gasteiger partial charge in [-0.05, 0) is 51.4 Å². The number of aliphatic imine (C=N–C) groups is 1. The molecule has 1 fully saturated rings. The van der Waals surface area contributed by atoms with Crippen LogP contribution in [0.15, 0.2) is 29.3 Å². The van der Waals surface area contributed by atoms with Gasteiger partial charge >= 0.3 is 0 Å². The van der Waals surface area contributed by atoms with Gasteiger partial charge < -0.3 is 20.4 Å². The van der Waals surface area contributed by atoms with Gasteiger partial charge in [0.25, 0.3) is 0 Å². The fourth-order valence-corrected chi connectivity index (χ4v) is 3.48. The molecule has 1 heterocycles. The number of carbonyl (C=O) groups is 1. The Hall–Kier alpha value is -2.08. The van der Waals surface area contributed by atoms with Crippen LogP contribution in [0.4, 0.5) is 0 Å². The Balaban J connectivity index is 1.89. The predicted octanol–water partition coefficient (Wildman–Crippen LogP) is 2.42. The summed E-state index contributed by atoms with van der Waals surface area (Å²) in [5.74, 6) is 1.13. The molecule has 0 spiro atoms. The summed E-state index contributed by atoms with van der Waals surface area (Å²) in [7, 11) is 4.20. The second-order valence-electron chi connectivity index (χ2n) is 7.56. The first-order chi connectivity index (χ1) is 13.5. The number of nitrogens with zero attached hydrogens (tertiary/aromatic N) is 3. The zero-order valence-electron chi connectivity index (χ0n) is 18.0. The van der Waals surface area contributed by atoms with Crippen molar-refractivity contribution in [2.24, 2.45) is 4.99 Å². The zero-order valence-corrected chi connectivity index (χ0v) is 18.0. The molecule has 6 nitrogen and oxygen atoms in total. The third-order valence-corrected chi connectivity index (χ3v) is 5.23. The number of benzene rings is 1. The molecule has 0 radical (unpaired) electrons. The van der Waals surface area contributed by atoms with Crippen LogP contribution in [0.2, 0.25) is 0 Å². The van der Waals surface area contributed by atoms with Gasteiger partial charge in [-0.2, -0.15) is 0 Å². The van der Waals surface area contributed by atoms with Crippen molar-refractivity contribution in [1.29, 1.82) is 0 Å². The van der Waals surface area contributed by atoms with E-state index in [-0.39, 0.29) is 6.04 Å². The van der Waals surface area contributed by atoms with Crippen molar-refractivity contribution in [2.75, 3.05) is 46.8 Å². The number of amides is 1. The lowest BCUT2D eigenvalue weighted by molar-refractivity contribution is -0.127. The number of aryl methyl sites for hydroxylation is 1. The molecule has 0 aromatic heterocycles. The van der Waals surface area contributed by atoms with Crippen molar-refractivity contribution in [1.82, 2.24) is 20.4 Å². The Labute approximate surface area is 170 Å². The van der Waals surface area contributed by atoms with Crippen LogP contribution in [-0.2, 0) is 11.2 Å². The molecule has 2 N–H and O–H groups in total. The molecule has 1 aromatic rings. The number of carbonyl (C=O) groups excluding carboxylic acids is 1. The molecular weight excluding hydrogens is 350 g/mol. The smallest absolute Gasteiger partial charge is 0.222 e. The van der Waals surface area contributed by atoms with E-state index in [4.69, 9.17) is 4.99 Å². The Morgan fingerprint density at radius 2 is 1.96 bits per heavy atom. The number of hydrogen-bond acceptors (Lipinski definition) is 3. The van der Waals surface area contributed by atoms with E-state index in [9.17, 15) is 4.79 Å². The molecule has 1 aliphatic heterocycles. The first kappa shape index (κ1) is 22.2. The fraction of sp³-hybridized carbons (Fsp3) is 0.636. The molecule has 1 saturated heterocycles. The van der Waals surface area contributed by atoms with Crippen LogP contribution in [-0.4, -0.2) is 68.5 Å². The normalized spacial score (nSPS) is 16.0. The van der Waals surface area contributed by atoms with Crippen LogP contribution in [0.1, 0.15) is 50.3 Å². The number of hydrogen-bond donors (Lipinski definition) is 2. The predicted molar refractivity (Wildman–Crippen MR) is 117 cm³/mol. The van der Waals surface area contributed by atoms with Crippen molar-refractivity contribution in [2.45, 2.75) is 45.6 Å². The van der Waals surface area contributed by atoms with E-state index in [1.54, 1.807) is 0 Å². The summed E-state index contributed by atoms with van der Waals surface area (Å²) in [5, 5.41) is 6.73. The van der Waals surface area contributed by atoms with Gasteiger partial charge in [-0.15, -0.1) is 0 Å². The standard InChI is InChI=1S/C22H37N5O/c1-5-18-10-12-19(13-11-18)20(26(3)4)17-25-22(23-6-2)24-14-8-16-27-15-7-9-21(27)28/h10-13,20H,5-9,14-17H2,1-4H3,(H2,23,24,25). The van der Waals surface area contributed by atoms with Crippen molar-refractivity contribution in [3.05, 3.63) is 35.4 Å². The summed E-state index contributed by atoms with van der Waals surface area (Å²) in [6, 6.07) is 9.08. The van der Waals surface area contributed by atoms with Crippen LogP contribution < -0.4 is 10.6 Å². The topological polar surface area (TPSA) is 60.0 Å². The van der Waals surface area contributed by atoms with E-state index in [0.29, 0.717) is 18.9 Å². The minimum absolute atomic E-state index is 0.239. The second-order valence-corrected chi connectivity index (χ2v) is 7.56. The lowest BCUT2D eigenvalue weighted by Crippen LogP contribution is -2.39. The van der Waals surface area contributed by atoms with E-state index in [2.05, 4.69) is 67.7 Å². The first-order valence-electron chi connectivity index (χ1n) is 10.6. The Kier molecular flexibility index (Phi) is 9.28. The van der Waals surface area contributed by atoms with Crippen LogP contribution >= 0.6 is 0 Å². The van der Waals surface area contributed by atoms with Gasteiger partial charge in [0.2, 0.25) is 5.91 Å². The summed E-state index contributed by atoms with van der Waals surface area (Å²) < 4.78 is 0. The maximum Gasteiger partial charge on any atom is 0.222 e. The monoisotopic (exact) mass is 387 g/mol. The van der Waals surface area contributed by atoms with Crippen LogP contribution in [0, 0.1) is 0 Å². The van der Waals surface area contributed by atoms with Crippen LogP contribution in [0.3, 0.4) is 0 Å². The van der Waals surface area contributed by atoms with Gasteiger partial charge in [0.15, 0.2) is 5.96 Å². The summed E-state index contributed by atoms with van der Waals surface area (Å²) in [4.78, 5) is 20.7. The molecule has 0 saturated carbocycles. The number of likely N-dealkylation sites (N-methyl/N-ethyl adjacent to an activating group) is 1. The van der Waals surface area contributed by atoms with E-state index >= 15 is 0 Å². The highest BCUT2D eigenvalue weighted by Gasteiger charge is 2.19. The average molecular weight is 388 g/mol. The largest absolute Gasteiger partial charge is 0.357 e. The van der Waals surface area contributed by atoms with E-state index < -0.39 is 0 Å². The molecule has 1 aliphatic rings. The highest BCUT2D eigenvalue weighted by Crippen LogP contribution is 2.19. The maximum atomic E-state index is 11.7. The first-order valence-corrected chi connectivity index (χ1v) is 10.6. The summed E-state index contributed by atoms with van der Waals surface area (Å²) in [6.07, 6.45) is 3.71. The molecule has 28 heavy (non-hydrogen) atoms. The van der Waals surface area contributed by atoms with Gasteiger partial charge in [0.05, 0.1) is 12.6 Å². The fourth-order valence-electron chi connectivity index (χ4n) is 3.48. The van der Waals surface area contributed by atoms with Gasteiger partial charge in [0.1, 0.15) is 0 Å². The quantitative estimate of drug-likeness (QED) is 0.368. The molecule has 2 rings (SSSR count). The Bertz CT molecular complexity index is 626. The highest BCUT2D eigenvalue weighted by molar-refractivity contribution is 5.80. The second kappa shape index (κ2) is 11.7. The number of guanidine groups is 1. The minimum Gasteiger partial charge on any atom is -0.357 e. The third-order valence-electron chi connectivity index (χ3n) is 5.23. The van der Waals surface area contributed by atoms with E-state index in [1.165, 1.54) is 11.1 Å². The minimum atomic E-state index is 0.239. The molecule has 1 atom stereocenters. The van der Waals surface area contributed by atoms with Crippen molar-refractivity contribution >= 4 is 11.9 Å². The van der Waals surface area contributed by atoms with Gasteiger partial charge in [-0.1, -0.05) is 31.2 Å². The summed E-state index contributed by atoms with van der Waals surface area (Å²) in [5.41, 5.74) is 2.64. The number of nitrogens with one attached hydrogen (secondary N) is 2. The SMILES string of the molecule is CCNC(=NCC(c1ccc(CC)cc1)N(C)C)NCCCN1CCCC1=O. The molecule has 6 heteroatoms. The van der Waals surface area contributed by atoms with Gasteiger partial charge in [-0.3, -0.25) is 9.79 Å². The molecule has 1 unspecified atom stereocenters. The maximum absolute atomic E-state index is 11.7. The van der Waals surface area contributed by atoms with Crippen molar-refractivity contribution in [3.8, 4) is 0 Å². The van der Waals surface area contributed by atoms with Crippen LogP contribution in [0.25, 0.3) is 0 Å². The number of rotatable bonds is 10. The number of likely N-dealkylation sites (tertiary alicyclic amines) is 1. The highest BCUT2D eigenvalue weighted by atomic mass is 16.2. The molecular formula is C22H37N5O. The molecule has 0 aliphatic carbocycles. The van der Waals surface area contributed by atoms with Gasteiger partial charge in [0, 0.05) is 32.6 Å². The zero-order chi connectivity index (χ0) is 20.4. The third kappa shape index (κ3) is 6.82. The Morgan fingerprint density at radius 3 is 2.54 bits per heavy atom. The lowest BCUT2D eigenvalue weighted by atomic mass is 10.0. The summed E-state index contributed by atoms with van der Waals surface area (Å²) in [6.45, 7) is 8.33. The molecule has 0 bridgehead atoms. The van der Waals surface area contributed by atoms with E-state index in [0.717, 1.165) is 51.4 Å². The van der Waals surface area contributed by atoms with Gasteiger partial charge in [-0.25, -0.2) is 0 Å². The Morgan fingerprint density at radius 1 is 1.21 bits per heavy atom. The molecule has 1 amide bonds. The van der Waals surface area contributed by atoms with Crippen LogP contribution in [0.5, 0.6) is 0 Å². The van der Waals surface area contributed by atoms with Crippen molar-refractivity contribution < 1.29 is 4.79 Å². The molecule has 1 aromatic carbocycles. The molecule has 156 valence electrons. The lowest BCUT2D eigenvalue weighted by Gasteiger charge is -2.24. The van der Waals surface area contributed by atoms with Crippen molar-refractivity contribution in [3.63, 3.8) is 0 Å².